The molecule has 43 heavy (non-hydrogen) atoms. The third kappa shape index (κ3) is 3.17. The van der Waals surface area contributed by atoms with Crippen LogP contribution in [-0.2, 0) is 0 Å². The second-order valence-electron chi connectivity index (χ2n) is 11.2. The Morgan fingerprint density at radius 2 is 1.07 bits per heavy atom. The van der Waals surface area contributed by atoms with E-state index in [0.29, 0.717) is 0 Å². The van der Waals surface area contributed by atoms with Crippen molar-refractivity contribution in [2.45, 2.75) is 0 Å². The highest BCUT2D eigenvalue weighted by atomic mass is 32.1. The van der Waals surface area contributed by atoms with Crippen LogP contribution in [0.4, 0.5) is 0 Å². The van der Waals surface area contributed by atoms with Crippen LogP contribution in [0.2, 0.25) is 0 Å². The lowest BCUT2D eigenvalue weighted by Gasteiger charge is -2.18. The lowest BCUT2D eigenvalue weighted by atomic mass is 9.84. The zero-order valence-corrected chi connectivity index (χ0v) is 23.7. The van der Waals surface area contributed by atoms with Crippen LogP contribution < -0.4 is 0 Å². The van der Waals surface area contributed by atoms with E-state index >= 15 is 0 Å². The number of rotatable bonds is 2. The monoisotopic (exact) mass is 566 g/mol. The van der Waals surface area contributed by atoms with Crippen molar-refractivity contribution in [2.75, 3.05) is 0 Å². The Labute approximate surface area is 250 Å². The maximum Gasteiger partial charge on any atom is 0.136 e. The number of fused-ring (bicyclic) bond motifs is 10. The quantitative estimate of drug-likeness (QED) is 0.195. The van der Waals surface area contributed by atoms with Gasteiger partial charge in [0.25, 0.3) is 0 Å². The molecule has 3 aromatic heterocycles. The van der Waals surface area contributed by atoms with Crippen molar-refractivity contribution >= 4 is 86.0 Å². The van der Waals surface area contributed by atoms with E-state index in [9.17, 15) is 0 Å². The summed E-state index contributed by atoms with van der Waals surface area (Å²) in [6.45, 7) is 0. The van der Waals surface area contributed by atoms with Gasteiger partial charge in [0.05, 0.1) is 6.26 Å². The van der Waals surface area contributed by atoms with Gasteiger partial charge in [-0.15, -0.1) is 11.3 Å². The molecule has 0 fully saturated rings. The van der Waals surface area contributed by atoms with Crippen molar-refractivity contribution in [2.24, 2.45) is 0 Å². The molecule has 0 saturated carbocycles. The molecule has 10 rings (SSSR count). The average Bonchev–Trinajstić information content (AvgIpc) is 3.78. The van der Waals surface area contributed by atoms with Gasteiger partial charge >= 0.3 is 0 Å². The third-order valence-corrected chi connectivity index (χ3v) is 10.1. The number of benzene rings is 7. The van der Waals surface area contributed by atoms with Gasteiger partial charge in [0.2, 0.25) is 0 Å². The SMILES string of the molecule is c1cc(-c2c3ccccc3c(-c3ccc4sc5ccccc5c4c3)c3ccccc23)c2c(c1)oc1ccc3occc3c12. The van der Waals surface area contributed by atoms with Gasteiger partial charge in [0.1, 0.15) is 16.7 Å². The first-order valence-electron chi connectivity index (χ1n) is 14.5. The Hall–Kier alpha value is -5.38. The van der Waals surface area contributed by atoms with Gasteiger partial charge in [-0.05, 0) is 86.3 Å². The minimum atomic E-state index is 0.867. The van der Waals surface area contributed by atoms with Crippen LogP contribution in [0.3, 0.4) is 0 Å². The van der Waals surface area contributed by atoms with Crippen molar-refractivity contribution in [3.05, 3.63) is 134 Å². The van der Waals surface area contributed by atoms with Crippen LogP contribution in [0.5, 0.6) is 0 Å². The van der Waals surface area contributed by atoms with Crippen molar-refractivity contribution in [1.29, 1.82) is 0 Å². The highest BCUT2D eigenvalue weighted by molar-refractivity contribution is 7.25. The maximum atomic E-state index is 6.44. The van der Waals surface area contributed by atoms with Gasteiger partial charge in [-0.1, -0.05) is 84.9 Å². The summed E-state index contributed by atoms with van der Waals surface area (Å²) in [6.07, 6.45) is 1.76. The van der Waals surface area contributed by atoms with Crippen molar-refractivity contribution in [3.63, 3.8) is 0 Å². The van der Waals surface area contributed by atoms with Crippen LogP contribution in [-0.4, -0.2) is 0 Å². The average molecular weight is 567 g/mol. The summed E-state index contributed by atoms with van der Waals surface area (Å²) in [4.78, 5) is 0. The lowest BCUT2D eigenvalue weighted by Crippen LogP contribution is -1.91. The van der Waals surface area contributed by atoms with Crippen LogP contribution in [0, 0.1) is 0 Å². The van der Waals surface area contributed by atoms with E-state index in [-0.39, 0.29) is 0 Å². The molecular weight excluding hydrogens is 545 g/mol. The standard InChI is InChI=1S/C40H22O2S/c1-3-11-27-25(9-1)37(23-16-19-36-31(22-23)24-8-5-6-15-35(24)43-36)26-10-2-4-12-28(26)38(27)30-13-7-14-33-40(30)39-29-20-21-41-32(29)17-18-34(39)42-33/h1-22H. The Morgan fingerprint density at radius 1 is 0.419 bits per heavy atom. The fourth-order valence-electron chi connectivity index (χ4n) is 7.18. The molecule has 2 nitrogen and oxygen atoms in total. The summed E-state index contributed by atoms with van der Waals surface area (Å²) in [6, 6.07) is 45.9. The van der Waals surface area contributed by atoms with Crippen LogP contribution in [0.25, 0.3) is 96.9 Å². The van der Waals surface area contributed by atoms with Gasteiger partial charge in [0.15, 0.2) is 0 Å². The first-order chi connectivity index (χ1) is 21.3. The van der Waals surface area contributed by atoms with Gasteiger partial charge in [0, 0.05) is 36.3 Å². The van der Waals surface area contributed by atoms with Gasteiger partial charge in [-0.3, -0.25) is 0 Å². The predicted molar refractivity (Wildman–Crippen MR) is 182 cm³/mol. The highest BCUT2D eigenvalue weighted by Gasteiger charge is 2.21. The fraction of sp³-hybridized carbons (Fsp3) is 0. The zero-order chi connectivity index (χ0) is 28.1. The number of furan rings is 2. The molecule has 10 aromatic rings. The number of hydrogen-bond acceptors (Lipinski definition) is 3. The number of thiophene rings is 1. The molecule has 3 heterocycles. The molecule has 0 aliphatic carbocycles. The van der Waals surface area contributed by atoms with Crippen molar-refractivity contribution < 1.29 is 8.83 Å². The largest absolute Gasteiger partial charge is 0.464 e. The summed E-state index contributed by atoms with van der Waals surface area (Å²) in [7, 11) is 0. The minimum absolute atomic E-state index is 0.867. The first-order valence-corrected chi connectivity index (χ1v) is 15.3. The van der Waals surface area contributed by atoms with E-state index in [4.69, 9.17) is 8.83 Å². The molecule has 7 aromatic carbocycles. The van der Waals surface area contributed by atoms with E-state index in [0.717, 1.165) is 32.9 Å². The fourth-order valence-corrected chi connectivity index (χ4v) is 8.27. The van der Waals surface area contributed by atoms with Crippen LogP contribution in [0.1, 0.15) is 0 Å². The van der Waals surface area contributed by atoms with E-state index < -0.39 is 0 Å². The second kappa shape index (κ2) is 8.57. The molecule has 0 spiro atoms. The summed E-state index contributed by atoms with van der Waals surface area (Å²) in [5, 5.41) is 10.9. The molecule has 0 bridgehead atoms. The van der Waals surface area contributed by atoms with Gasteiger partial charge < -0.3 is 8.83 Å². The van der Waals surface area contributed by atoms with E-state index in [2.05, 4.69) is 109 Å². The molecule has 0 N–H and O–H groups in total. The van der Waals surface area contributed by atoms with Crippen LogP contribution in [0.15, 0.2) is 142 Å². The Morgan fingerprint density at radius 3 is 1.86 bits per heavy atom. The van der Waals surface area contributed by atoms with Gasteiger partial charge in [-0.25, -0.2) is 0 Å². The molecular formula is C40H22O2S. The van der Waals surface area contributed by atoms with Crippen LogP contribution >= 0.6 is 11.3 Å². The molecule has 3 heteroatoms. The smallest absolute Gasteiger partial charge is 0.136 e. The van der Waals surface area contributed by atoms with Crippen molar-refractivity contribution in [3.8, 4) is 22.3 Å². The van der Waals surface area contributed by atoms with E-state index in [1.807, 2.05) is 29.5 Å². The molecule has 0 radical (unpaired) electrons. The summed E-state index contributed by atoms with van der Waals surface area (Å²) < 4.78 is 14.9. The summed E-state index contributed by atoms with van der Waals surface area (Å²) >= 11 is 1.86. The third-order valence-electron chi connectivity index (χ3n) is 8.96. The highest BCUT2D eigenvalue weighted by Crippen LogP contribution is 2.48. The second-order valence-corrected chi connectivity index (χ2v) is 12.3. The predicted octanol–water partition coefficient (Wildman–Crippen LogP) is 12.3. The Bertz CT molecular complexity index is 2680. The lowest BCUT2D eigenvalue weighted by molar-refractivity contribution is 0.615. The molecule has 200 valence electrons. The number of hydrogen-bond donors (Lipinski definition) is 0. The molecule has 0 unspecified atom stereocenters. The maximum absolute atomic E-state index is 6.44. The minimum Gasteiger partial charge on any atom is -0.464 e. The van der Waals surface area contributed by atoms with E-state index in [1.54, 1.807) is 6.26 Å². The van der Waals surface area contributed by atoms with Crippen molar-refractivity contribution in [1.82, 2.24) is 0 Å². The summed E-state index contributed by atoms with van der Waals surface area (Å²) in [5.41, 5.74) is 7.53. The normalized spacial score (nSPS) is 12.2. The Balaban J connectivity index is 1.36. The molecule has 0 saturated heterocycles. The van der Waals surface area contributed by atoms with Gasteiger partial charge in [-0.2, -0.15) is 0 Å². The Kier molecular flexibility index (Phi) is 4.63. The first kappa shape index (κ1) is 23.2. The molecule has 0 atom stereocenters. The van der Waals surface area contributed by atoms with E-state index in [1.165, 1.54) is 64.0 Å². The zero-order valence-electron chi connectivity index (χ0n) is 22.9. The summed E-state index contributed by atoms with van der Waals surface area (Å²) in [5.74, 6) is 0. The molecule has 0 aliphatic rings. The molecule has 0 amide bonds. The molecule has 0 aliphatic heterocycles. The topological polar surface area (TPSA) is 26.3 Å².